The highest BCUT2D eigenvalue weighted by molar-refractivity contribution is 5.78. The Balaban J connectivity index is 1.76. The number of oxazole rings is 1. The number of aryl methyl sites for hydroxylation is 2. The highest BCUT2D eigenvalue weighted by Crippen LogP contribution is 2.25. The van der Waals surface area contributed by atoms with Crippen molar-refractivity contribution in [2.45, 2.75) is 13.8 Å². The largest absolute Gasteiger partial charge is 0.441 e. The fourth-order valence-corrected chi connectivity index (χ4v) is 2.42. The van der Waals surface area contributed by atoms with Gasteiger partial charge in [0.25, 0.3) is 5.89 Å². The molecule has 0 aliphatic heterocycles. The summed E-state index contributed by atoms with van der Waals surface area (Å²) in [4.78, 5) is 8.79. The lowest BCUT2D eigenvalue weighted by atomic mass is 10.1. The number of rotatable bonds is 2. The number of fused-ring (bicyclic) bond motifs is 1. The quantitative estimate of drug-likeness (QED) is 0.554. The molecule has 0 N–H and O–H groups in total. The van der Waals surface area contributed by atoms with Gasteiger partial charge >= 0.3 is 0 Å². The first-order valence-corrected chi connectivity index (χ1v) is 6.97. The van der Waals surface area contributed by atoms with Crippen molar-refractivity contribution >= 4 is 11.1 Å². The van der Waals surface area contributed by atoms with Crippen molar-refractivity contribution in [3.63, 3.8) is 0 Å². The Labute approximate surface area is 126 Å². The van der Waals surface area contributed by atoms with Crippen molar-refractivity contribution < 1.29 is 8.94 Å². The summed E-state index contributed by atoms with van der Waals surface area (Å²) in [6.45, 7) is 3.85. The lowest BCUT2D eigenvalue weighted by molar-refractivity contribution is 0.432. The van der Waals surface area contributed by atoms with Crippen LogP contribution in [0, 0.1) is 13.8 Å². The highest BCUT2D eigenvalue weighted by atomic mass is 16.5. The second-order valence-corrected chi connectivity index (χ2v) is 5.21. The predicted octanol–water partition coefficient (Wildman–Crippen LogP) is 4.16. The van der Waals surface area contributed by atoms with Gasteiger partial charge in [0.1, 0.15) is 5.52 Å². The van der Waals surface area contributed by atoms with Crippen molar-refractivity contribution in [2.75, 3.05) is 0 Å². The molecule has 5 nitrogen and oxygen atoms in total. The molecule has 0 bridgehead atoms. The Morgan fingerprint density at radius 3 is 2.68 bits per heavy atom. The maximum atomic E-state index is 5.47. The standard InChI is InChI=1S/C17H13N3O2/c1-10-4-3-5-13(8-10)17-19-16(20-22-17)12-6-7-15-14(9-12)18-11(2)21-15/h3-9H,1-2H3. The molecule has 0 spiro atoms. The third kappa shape index (κ3) is 2.16. The van der Waals surface area contributed by atoms with Gasteiger partial charge in [0.15, 0.2) is 11.5 Å². The average Bonchev–Trinajstić information content (AvgIpc) is 3.11. The molecule has 0 aliphatic rings. The summed E-state index contributed by atoms with van der Waals surface area (Å²) in [7, 11) is 0. The zero-order valence-corrected chi connectivity index (χ0v) is 12.2. The van der Waals surface area contributed by atoms with Crippen LogP contribution in [0.1, 0.15) is 11.5 Å². The first-order chi connectivity index (χ1) is 10.7. The minimum atomic E-state index is 0.509. The second kappa shape index (κ2) is 4.80. The molecule has 0 atom stereocenters. The Bertz CT molecular complexity index is 969. The number of aromatic nitrogens is 3. The molecular weight excluding hydrogens is 278 g/mol. The summed E-state index contributed by atoms with van der Waals surface area (Å²) < 4.78 is 10.8. The Morgan fingerprint density at radius 1 is 0.909 bits per heavy atom. The van der Waals surface area contributed by atoms with Crippen LogP contribution < -0.4 is 0 Å². The summed E-state index contributed by atoms with van der Waals surface area (Å²) in [6.07, 6.45) is 0. The molecule has 22 heavy (non-hydrogen) atoms. The summed E-state index contributed by atoms with van der Waals surface area (Å²) in [5.74, 6) is 1.69. The van der Waals surface area contributed by atoms with Crippen LogP contribution in [0.5, 0.6) is 0 Å². The average molecular weight is 291 g/mol. The molecule has 0 radical (unpaired) electrons. The van der Waals surface area contributed by atoms with E-state index in [1.807, 2.05) is 56.3 Å². The maximum Gasteiger partial charge on any atom is 0.258 e. The van der Waals surface area contributed by atoms with Crippen LogP contribution >= 0.6 is 0 Å². The normalized spacial score (nSPS) is 11.2. The van der Waals surface area contributed by atoms with E-state index in [1.165, 1.54) is 0 Å². The van der Waals surface area contributed by atoms with Gasteiger partial charge in [-0.25, -0.2) is 4.98 Å². The summed E-state index contributed by atoms with van der Waals surface area (Å²) in [5.41, 5.74) is 4.46. The molecular formula is C17H13N3O2. The monoisotopic (exact) mass is 291 g/mol. The lowest BCUT2D eigenvalue weighted by Gasteiger charge is -1.95. The summed E-state index contributed by atoms with van der Waals surface area (Å²) in [6, 6.07) is 13.6. The third-order valence-electron chi connectivity index (χ3n) is 3.44. The number of benzene rings is 2. The van der Waals surface area contributed by atoms with Gasteiger partial charge in [0.2, 0.25) is 5.82 Å². The van der Waals surface area contributed by atoms with Gasteiger partial charge in [-0.2, -0.15) is 4.98 Å². The molecule has 2 aromatic carbocycles. The van der Waals surface area contributed by atoms with Crippen LogP contribution in [0.4, 0.5) is 0 Å². The van der Waals surface area contributed by atoms with Gasteiger partial charge in [-0.3, -0.25) is 0 Å². The number of hydrogen-bond acceptors (Lipinski definition) is 5. The van der Waals surface area contributed by atoms with E-state index in [9.17, 15) is 0 Å². The van der Waals surface area contributed by atoms with Crippen LogP contribution in [0.15, 0.2) is 51.4 Å². The van der Waals surface area contributed by atoms with Gasteiger partial charge in [-0.05, 0) is 37.3 Å². The van der Waals surface area contributed by atoms with E-state index in [-0.39, 0.29) is 0 Å². The van der Waals surface area contributed by atoms with Crippen molar-refractivity contribution in [1.82, 2.24) is 15.1 Å². The van der Waals surface area contributed by atoms with E-state index >= 15 is 0 Å². The van der Waals surface area contributed by atoms with Crippen LogP contribution in [0.2, 0.25) is 0 Å². The maximum absolute atomic E-state index is 5.47. The van der Waals surface area contributed by atoms with Gasteiger partial charge in [0.05, 0.1) is 0 Å². The van der Waals surface area contributed by atoms with E-state index in [1.54, 1.807) is 0 Å². The molecule has 0 unspecified atom stereocenters. The Kier molecular flexibility index (Phi) is 2.79. The minimum absolute atomic E-state index is 0.509. The number of hydrogen-bond donors (Lipinski definition) is 0. The van der Waals surface area contributed by atoms with Crippen LogP contribution in [0.25, 0.3) is 33.9 Å². The van der Waals surface area contributed by atoms with Gasteiger partial charge in [-0.15, -0.1) is 0 Å². The smallest absolute Gasteiger partial charge is 0.258 e. The molecule has 0 amide bonds. The molecule has 108 valence electrons. The van der Waals surface area contributed by atoms with E-state index in [2.05, 4.69) is 15.1 Å². The van der Waals surface area contributed by atoms with E-state index in [4.69, 9.17) is 8.94 Å². The van der Waals surface area contributed by atoms with Gasteiger partial charge < -0.3 is 8.94 Å². The van der Waals surface area contributed by atoms with Crippen molar-refractivity contribution in [2.24, 2.45) is 0 Å². The first kappa shape index (κ1) is 12.8. The van der Waals surface area contributed by atoms with Gasteiger partial charge in [0, 0.05) is 18.1 Å². The summed E-state index contributed by atoms with van der Waals surface area (Å²) in [5, 5.41) is 4.06. The second-order valence-electron chi connectivity index (χ2n) is 5.21. The van der Waals surface area contributed by atoms with E-state index in [0.717, 1.165) is 27.8 Å². The highest BCUT2D eigenvalue weighted by Gasteiger charge is 2.12. The Morgan fingerprint density at radius 2 is 1.82 bits per heavy atom. The minimum Gasteiger partial charge on any atom is -0.441 e. The summed E-state index contributed by atoms with van der Waals surface area (Å²) >= 11 is 0. The van der Waals surface area contributed by atoms with Crippen LogP contribution in [-0.4, -0.2) is 15.1 Å². The zero-order valence-electron chi connectivity index (χ0n) is 12.2. The fraction of sp³-hybridized carbons (Fsp3) is 0.118. The molecule has 0 fully saturated rings. The third-order valence-corrected chi connectivity index (χ3v) is 3.44. The van der Waals surface area contributed by atoms with E-state index < -0.39 is 0 Å². The van der Waals surface area contributed by atoms with Gasteiger partial charge in [-0.1, -0.05) is 22.9 Å². The first-order valence-electron chi connectivity index (χ1n) is 6.97. The lowest BCUT2D eigenvalue weighted by Crippen LogP contribution is -1.82. The molecule has 0 saturated heterocycles. The molecule has 0 saturated carbocycles. The van der Waals surface area contributed by atoms with E-state index in [0.29, 0.717) is 17.6 Å². The number of nitrogens with zero attached hydrogens (tertiary/aromatic N) is 3. The van der Waals surface area contributed by atoms with Crippen molar-refractivity contribution in [3.05, 3.63) is 53.9 Å². The fourth-order valence-electron chi connectivity index (χ4n) is 2.42. The molecule has 0 aliphatic carbocycles. The zero-order chi connectivity index (χ0) is 15.1. The molecule has 2 aromatic heterocycles. The molecule has 4 rings (SSSR count). The van der Waals surface area contributed by atoms with Crippen molar-refractivity contribution in [1.29, 1.82) is 0 Å². The van der Waals surface area contributed by atoms with Crippen molar-refractivity contribution in [3.8, 4) is 22.8 Å². The topological polar surface area (TPSA) is 65.0 Å². The predicted molar refractivity (Wildman–Crippen MR) is 82.2 cm³/mol. The van der Waals surface area contributed by atoms with Crippen LogP contribution in [0.3, 0.4) is 0 Å². The van der Waals surface area contributed by atoms with Crippen LogP contribution in [-0.2, 0) is 0 Å². The molecule has 4 aromatic rings. The molecule has 2 heterocycles. The molecule has 5 heteroatoms. The Hall–Kier alpha value is -2.95. The SMILES string of the molecule is Cc1cccc(-c2nc(-c3ccc4oc(C)nc4c3)no2)c1.